The molecule has 6 nitrogen and oxygen atoms in total. The molecular weight excluding hydrogens is 328 g/mol. The number of nitrogens with one attached hydrogen (secondary N) is 1. The number of carbonyl (C=O) groups excluding carboxylic acids is 1. The zero-order chi connectivity index (χ0) is 16.7. The third-order valence-corrected chi connectivity index (χ3v) is 6.33. The van der Waals surface area contributed by atoms with Crippen LogP contribution in [0.4, 0.5) is 0 Å². The van der Waals surface area contributed by atoms with Gasteiger partial charge in [-0.15, -0.1) is 0 Å². The Morgan fingerprint density at radius 3 is 2.71 bits per heavy atom. The van der Waals surface area contributed by atoms with Crippen LogP contribution in [0.3, 0.4) is 0 Å². The van der Waals surface area contributed by atoms with Crippen molar-refractivity contribution in [2.75, 3.05) is 13.1 Å². The van der Waals surface area contributed by atoms with E-state index in [9.17, 15) is 13.2 Å². The van der Waals surface area contributed by atoms with Crippen molar-refractivity contribution < 1.29 is 17.6 Å². The van der Waals surface area contributed by atoms with Crippen LogP contribution in [0.5, 0.6) is 0 Å². The number of aromatic amines is 1. The quantitative estimate of drug-likeness (QED) is 0.786. The van der Waals surface area contributed by atoms with Crippen LogP contribution in [0, 0.1) is 0 Å². The summed E-state index contributed by atoms with van der Waals surface area (Å²) >= 11 is 0. The number of rotatable bonds is 4. The Labute approximate surface area is 139 Å². The number of fused-ring (bicyclic) bond motifs is 1. The van der Waals surface area contributed by atoms with Gasteiger partial charge in [-0.05, 0) is 24.3 Å². The molecular formula is C17H16N2O4S. The standard InChI is InChI=1S/C17H16N2O4S/c20-17(16-8-12-4-1-2-6-15(12)18-16)19-9-14(10-19)24(21,22)11-13-5-3-7-23-13/h1-8,14,18H,9-11H2. The predicted molar refractivity (Wildman–Crippen MR) is 89.3 cm³/mol. The molecule has 1 N–H and O–H groups in total. The molecule has 124 valence electrons. The fraction of sp³-hybridized carbons (Fsp3) is 0.235. The van der Waals surface area contributed by atoms with Gasteiger partial charge in [-0.25, -0.2) is 8.42 Å². The van der Waals surface area contributed by atoms with Gasteiger partial charge in [0.15, 0.2) is 9.84 Å². The van der Waals surface area contributed by atoms with Crippen molar-refractivity contribution in [2.45, 2.75) is 11.0 Å². The average molecular weight is 344 g/mol. The molecule has 0 aliphatic carbocycles. The normalized spacial score (nSPS) is 15.6. The van der Waals surface area contributed by atoms with Crippen molar-refractivity contribution in [1.82, 2.24) is 9.88 Å². The van der Waals surface area contributed by atoms with Crippen LogP contribution < -0.4 is 0 Å². The number of para-hydroxylation sites is 1. The second kappa shape index (κ2) is 5.52. The first-order chi connectivity index (χ1) is 11.5. The van der Waals surface area contributed by atoms with E-state index in [0.717, 1.165) is 10.9 Å². The van der Waals surface area contributed by atoms with Gasteiger partial charge in [-0.3, -0.25) is 4.79 Å². The summed E-state index contributed by atoms with van der Waals surface area (Å²) in [6, 6.07) is 12.7. The number of benzene rings is 1. The zero-order valence-electron chi connectivity index (χ0n) is 12.8. The van der Waals surface area contributed by atoms with E-state index in [4.69, 9.17) is 4.42 Å². The Hall–Kier alpha value is -2.54. The topological polar surface area (TPSA) is 83.4 Å². The second-order valence-corrected chi connectivity index (χ2v) is 8.27. The van der Waals surface area contributed by atoms with E-state index in [1.807, 2.05) is 24.3 Å². The fourth-order valence-corrected chi connectivity index (χ4v) is 4.51. The van der Waals surface area contributed by atoms with Gasteiger partial charge >= 0.3 is 0 Å². The maximum Gasteiger partial charge on any atom is 0.270 e. The number of likely N-dealkylation sites (tertiary alicyclic amines) is 1. The van der Waals surface area contributed by atoms with Gasteiger partial charge in [0, 0.05) is 24.0 Å². The van der Waals surface area contributed by atoms with Crippen LogP contribution in [0.15, 0.2) is 53.1 Å². The first-order valence-electron chi connectivity index (χ1n) is 7.64. The van der Waals surface area contributed by atoms with Crippen molar-refractivity contribution in [1.29, 1.82) is 0 Å². The van der Waals surface area contributed by atoms with E-state index in [2.05, 4.69) is 4.98 Å². The molecule has 0 saturated carbocycles. The first-order valence-corrected chi connectivity index (χ1v) is 9.35. The maximum atomic E-state index is 12.5. The molecule has 0 bridgehead atoms. The molecule has 2 aromatic heterocycles. The minimum atomic E-state index is -3.32. The molecule has 0 spiro atoms. The summed E-state index contributed by atoms with van der Waals surface area (Å²) < 4.78 is 29.7. The first kappa shape index (κ1) is 15.0. The van der Waals surface area contributed by atoms with Crippen molar-refractivity contribution in [3.8, 4) is 0 Å². The number of H-pyrrole nitrogens is 1. The number of aromatic nitrogens is 1. The molecule has 1 aromatic carbocycles. The number of carbonyl (C=O) groups is 1. The van der Waals surface area contributed by atoms with E-state index in [0.29, 0.717) is 11.5 Å². The summed E-state index contributed by atoms with van der Waals surface area (Å²) in [6.07, 6.45) is 1.46. The molecule has 4 rings (SSSR count). The summed E-state index contributed by atoms with van der Waals surface area (Å²) in [7, 11) is -3.32. The molecule has 0 atom stereocenters. The van der Waals surface area contributed by atoms with Crippen LogP contribution in [-0.2, 0) is 15.6 Å². The lowest BCUT2D eigenvalue weighted by atomic mass is 10.2. The third-order valence-electron chi connectivity index (χ3n) is 4.33. The molecule has 7 heteroatoms. The minimum absolute atomic E-state index is 0.126. The van der Waals surface area contributed by atoms with Crippen molar-refractivity contribution in [2.24, 2.45) is 0 Å². The highest BCUT2D eigenvalue weighted by Gasteiger charge is 2.40. The van der Waals surface area contributed by atoms with E-state index in [-0.39, 0.29) is 24.7 Å². The Morgan fingerprint density at radius 2 is 2.00 bits per heavy atom. The number of furan rings is 1. The Kier molecular flexibility index (Phi) is 3.45. The van der Waals surface area contributed by atoms with Crippen LogP contribution in [0.1, 0.15) is 16.2 Å². The third kappa shape index (κ3) is 2.60. The van der Waals surface area contributed by atoms with Gasteiger partial charge in [0.05, 0.1) is 11.5 Å². The highest BCUT2D eigenvalue weighted by Crippen LogP contribution is 2.23. The number of hydrogen-bond donors (Lipinski definition) is 1. The largest absolute Gasteiger partial charge is 0.468 e. The summed E-state index contributed by atoms with van der Waals surface area (Å²) in [6.45, 7) is 0.439. The summed E-state index contributed by atoms with van der Waals surface area (Å²) in [5, 5.41) is 0.430. The lowest BCUT2D eigenvalue weighted by molar-refractivity contribution is 0.0653. The highest BCUT2D eigenvalue weighted by atomic mass is 32.2. The number of amides is 1. The van der Waals surface area contributed by atoms with Gasteiger partial charge in [0.25, 0.3) is 5.91 Å². The van der Waals surface area contributed by atoms with E-state index in [1.54, 1.807) is 23.1 Å². The van der Waals surface area contributed by atoms with Crippen molar-refractivity contribution >= 4 is 26.6 Å². The lowest BCUT2D eigenvalue weighted by Crippen LogP contribution is -2.57. The van der Waals surface area contributed by atoms with Gasteiger partial charge < -0.3 is 14.3 Å². The van der Waals surface area contributed by atoms with E-state index in [1.165, 1.54) is 6.26 Å². The molecule has 1 saturated heterocycles. The number of nitrogens with zero attached hydrogens (tertiary/aromatic N) is 1. The predicted octanol–water partition coefficient (Wildman–Crippen LogP) is 2.20. The highest BCUT2D eigenvalue weighted by molar-refractivity contribution is 7.91. The Balaban J connectivity index is 1.44. The van der Waals surface area contributed by atoms with Gasteiger partial charge in [0.2, 0.25) is 0 Å². The van der Waals surface area contributed by atoms with Crippen molar-refractivity contribution in [3.63, 3.8) is 0 Å². The second-order valence-electron chi connectivity index (χ2n) is 5.99. The summed E-state index contributed by atoms with van der Waals surface area (Å²) in [5.41, 5.74) is 1.38. The molecule has 1 fully saturated rings. The Bertz CT molecular complexity index is 950. The summed E-state index contributed by atoms with van der Waals surface area (Å²) in [4.78, 5) is 17.1. The Morgan fingerprint density at radius 1 is 1.21 bits per heavy atom. The maximum absolute atomic E-state index is 12.5. The molecule has 0 radical (unpaired) electrons. The number of hydrogen-bond acceptors (Lipinski definition) is 4. The monoisotopic (exact) mass is 344 g/mol. The zero-order valence-corrected chi connectivity index (χ0v) is 13.6. The van der Waals surface area contributed by atoms with E-state index >= 15 is 0 Å². The van der Waals surface area contributed by atoms with Gasteiger partial charge in [-0.2, -0.15) is 0 Å². The molecule has 1 amide bonds. The lowest BCUT2D eigenvalue weighted by Gasteiger charge is -2.38. The molecule has 1 aliphatic rings. The SMILES string of the molecule is O=C(c1cc2ccccc2[nH]1)N1CC(S(=O)(=O)Cc2ccco2)C1. The molecule has 0 unspecified atom stereocenters. The molecule has 3 aromatic rings. The summed E-state index contributed by atoms with van der Waals surface area (Å²) in [5.74, 6) is 0.130. The van der Waals surface area contributed by atoms with E-state index < -0.39 is 15.1 Å². The minimum Gasteiger partial charge on any atom is -0.468 e. The van der Waals surface area contributed by atoms with Gasteiger partial charge in [0.1, 0.15) is 17.2 Å². The fourth-order valence-electron chi connectivity index (χ4n) is 2.90. The van der Waals surface area contributed by atoms with Crippen LogP contribution in [0.25, 0.3) is 10.9 Å². The smallest absolute Gasteiger partial charge is 0.270 e. The van der Waals surface area contributed by atoms with Crippen molar-refractivity contribution in [3.05, 3.63) is 60.2 Å². The molecule has 3 heterocycles. The van der Waals surface area contributed by atoms with Crippen LogP contribution in [0.2, 0.25) is 0 Å². The van der Waals surface area contributed by atoms with Crippen LogP contribution >= 0.6 is 0 Å². The number of sulfone groups is 1. The molecule has 1 aliphatic heterocycles. The van der Waals surface area contributed by atoms with Gasteiger partial charge in [-0.1, -0.05) is 18.2 Å². The van der Waals surface area contributed by atoms with Crippen LogP contribution in [-0.4, -0.2) is 42.5 Å². The average Bonchev–Trinajstić information content (AvgIpc) is 3.13. The molecule has 24 heavy (non-hydrogen) atoms.